The first-order chi connectivity index (χ1) is 14.7. The first-order valence-electron chi connectivity index (χ1n) is 9.38. The highest BCUT2D eigenvalue weighted by Gasteiger charge is 2.51. The van der Waals surface area contributed by atoms with E-state index in [1.54, 1.807) is 6.07 Å². The highest BCUT2D eigenvalue weighted by Crippen LogP contribution is 2.44. The molecule has 8 heteroatoms. The predicted molar refractivity (Wildman–Crippen MR) is 119 cm³/mol. The fourth-order valence-electron chi connectivity index (χ4n) is 3.82. The van der Waals surface area contributed by atoms with Crippen molar-refractivity contribution >= 4 is 46.3 Å². The van der Waals surface area contributed by atoms with Crippen LogP contribution in [-0.2, 0) is 16.8 Å². The number of nitrogens with zero attached hydrogens (tertiary/aromatic N) is 2. The molecule has 0 saturated heterocycles. The monoisotopic (exact) mass is 454 g/mol. The Hall–Kier alpha value is -3.22. The van der Waals surface area contributed by atoms with Gasteiger partial charge < -0.3 is 4.90 Å². The smallest absolute Gasteiger partial charge is 0.269 e. The summed E-state index contributed by atoms with van der Waals surface area (Å²) >= 11 is 12.6. The first-order valence-corrected chi connectivity index (χ1v) is 10.1. The number of rotatable bonds is 4. The maximum atomic E-state index is 13.8. The van der Waals surface area contributed by atoms with Crippen molar-refractivity contribution in [1.29, 1.82) is 0 Å². The number of non-ortho nitro benzene ring substituents is 1. The molecule has 0 fully saturated rings. The number of halogens is 2. The van der Waals surface area contributed by atoms with Crippen molar-refractivity contribution in [3.63, 3.8) is 0 Å². The maximum Gasteiger partial charge on any atom is 0.269 e. The Kier molecular flexibility index (Phi) is 5.29. The molecule has 1 aliphatic heterocycles. The molecule has 0 aliphatic carbocycles. The molecule has 6 nitrogen and oxygen atoms in total. The molecule has 1 aliphatic rings. The minimum absolute atomic E-state index is 0.130. The van der Waals surface area contributed by atoms with Gasteiger partial charge in [-0.15, -0.1) is 0 Å². The van der Waals surface area contributed by atoms with Crippen molar-refractivity contribution in [2.24, 2.45) is 0 Å². The summed E-state index contributed by atoms with van der Waals surface area (Å²) in [5, 5.41) is 11.5. The van der Waals surface area contributed by atoms with Crippen molar-refractivity contribution in [3.8, 4) is 0 Å². The predicted octanol–water partition coefficient (Wildman–Crippen LogP) is 5.59. The summed E-state index contributed by atoms with van der Waals surface area (Å²) in [4.78, 5) is 39.3. The van der Waals surface area contributed by atoms with Gasteiger partial charge in [-0.2, -0.15) is 0 Å². The van der Waals surface area contributed by atoms with Crippen molar-refractivity contribution in [2.45, 2.75) is 18.9 Å². The normalized spacial score (nSPS) is 18.1. The number of amides is 1. The van der Waals surface area contributed by atoms with Crippen LogP contribution in [0.1, 0.15) is 28.4 Å². The fourth-order valence-corrected chi connectivity index (χ4v) is 4.39. The molecule has 0 radical (unpaired) electrons. The molecule has 1 atom stereocenters. The lowest BCUT2D eigenvalue weighted by Crippen LogP contribution is -2.54. The number of hydrogen-bond acceptors (Lipinski definition) is 4. The summed E-state index contributed by atoms with van der Waals surface area (Å²) in [7, 11) is 0. The lowest BCUT2D eigenvalue weighted by atomic mass is 9.72. The van der Waals surface area contributed by atoms with Crippen molar-refractivity contribution in [1.82, 2.24) is 0 Å². The molecule has 1 unspecified atom stereocenters. The van der Waals surface area contributed by atoms with Crippen molar-refractivity contribution in [2.75, 3.05) is 4.90 Å². The summed E-state index contributed by atoms with van der Waals surface area (Å²) in [6, 6.07) is 17.8. The number of nitro benzene ring substituents is 1. The lowest BCUT2D eigenvalue weighted by molar-refractivity contribution is -0.384. The molecule has 0 spiro atoms. The number of Topliss-reactive ketones (excluding diaryl/α,β-unsaturated/α-hetero) is 1. The van der Waals surface area contributed by atoms with Gasteiger partial charge in [-0.25, -0.2) is 0 Å². The molecular formula is C23H16Cl2N2O4. The quantitative estimate of drug-likeness (QED) is 0.292. The Morgan fingerprint density at radius 3 is 2.26 bits per heavy atom. The second kappa shape index (κ2) is 7.80. The summed E-state index contributed by atoms with van der Waals surface area (Å²) in [5.41, 5.74) is 0.0164. The van der Waals surface area contributed by atoms with Gasteiger partial charge >= 0.3 is 0 Å². The number of carbonyl (C=O) groups excluding carboxylic acids is 2. The van der Waals surface area contributed by atoms with Crippen LogP contribution in [0.3, 0.4) is 0 Å². The lowest BCUT2D eigenvalue weighted by Gasteiger charge is -2.40. The number of benzene rings is 3. The van der Waals surface area contributed by atoms with Crippen LogP contribution in [0.2, 0.25) is 10.0 Å². The Balaban J connectivity index is 1.90. The maximum absolute atomic E-state index is 13.8. The molecule has 156 valence electrons. The zero-order chi connectivity index (χ0) is 22.3. The summed E-state index contributed by atoms with van der Waals surface area (Å²) in [6.45, 7) is 1.73. The molecule has 1 heterocycles. The van der Waals surface area contributed by atoms with Crippen LogP contribution in [-0.4, -0.2) is 16.6 Å². The van der Waals surface area contributed by atoms with E-state index in [2.05, 4.69) is 0 Å². The molecule has 1 amide bonds. The molecule has 4 rings (SSSR count). The second-order valence-corrected chi connectivity index (χ2v) is 8.26. The molecule has 31 heavy (non-hydrogen) atoms. The highest BCUT2D eigenvalue weighted by atomic mass is 35.5. The van der Waals surface area contributed by atoms with Crippen LogP contribution in [0.25, 0.3) is 0 Å². The van der Waals surface area contributed by atoms with Crippen LogP contribution in [0.15, 0.2) is 66.7 Å². The van der Waals surface area contributed by atoms with Gasteiger partial charge in [0.2, 0.25) is 5.91 Å². The van der Waals surface area contributed by atoms with E-state index in [0.717, 1.165) is 5.56 Å². The third-order valence-corrected chi connectivity index (χ3v) is 6.03. The van der Waals surface area contributed by atoms with Gasteiger partial charge in [0, 0.05) is 17.2 Å². The van der Waals surface area contributed by atoms with Gasteiger partial charge in [0.1, 0.15) is 5.41 Å². The van der Waals surface area contributed by atoms with Crippen molar-refractivity contribution < 1.29 is 14.5 Å². The summed E-state index contributed by atoms with van der Waals surface area (Å²) in [6.07, 6.45) is 0. The van der Waals surface area contributed by atoms with E-state index in [9.17, 15) is 19.7 Å². The SMILES string of the molecule is CC1(c2ccc([N+](=O)[O-])cc2)C(=O)c2c(Cl)cc(Cl)cc2N(Cc2ccccc2)C1=O. The van der Waals surface area contributed by atoms with Crippen LogP contribution < -0.4 is 4.90 Å². The summed E-state index contributed by atoms with van der Waals surface area (Å²) < 4.78 is 0. The molecule has 3 aromatic carbocycles. The average molecular weight is 455 g/mol. The Bertz CT molecular complexity index is 1210. The molecule has 0 saturated carbocycles. The minimum atomic E-state index is -1.60. The minimum Gasteiger partial charge on any atom is -0.306 e. The molecule has 3 aromatic rings. The summed E-state index contributed by atoms with van der Waals surface area (Å²) in [5.74, 6) is -0.937. The van der Waals surface area contributed by atoms with E-state index in [1.165, 1.54) is 42.2 Å². The Labute approximate surface area is 188 Å². The molecule has 0 aromatic heterocycles. The molecular weight excluding hydrogens is 439 g/mol. The van der Waals surface area contributed by atoms with E-state index in [0.29, 0.717) is 16.3 Å². The topological polar surface area (TPSA) is 80.5 Å². The molecule has 0 N–H and O–H groups in total. The zero-order valence-corrected chi connectivity index (χ0v) is 17.9. The van der Waals surface area contributed by atoms with Crippen LogP contribution in [0, 0.1) is 10.1 Å². The fraction of sp³-hybridized carbons (Fsp3) is 0.130. The van der Waals surface area contributed by atoms with E-state index < -0.39 is 22.0 Å². The first kappa shape index (κ1) is 21.0. The Morgan fingerprint density at radius 1 is 1.00 bits per heavy atom. The van der Waals surface area contributed by atoms with E-state index >= 15 is 0 Å². The third-order valence-electron chi connectivity index (χ3n) is 5.52. The van der Waals surface area contributed by atoms with E-state index in [4.69, 9.17) is 23.2 Å². The van der Waals surface area contributed by atoms with Gasteiger partial charge in [-0.3, -0.25) is 19.7 Å². The van der Waals surface area contributed by atoms with Crippen LogP contribution >= 0.6 is 23.2 Å². The van der Waals surface area contributed by atoms with Crippen LogP contribution in [0.4, 0.5) is 11.4 Å². The largest absolute Gasteiger partial charge is 0.306 e. The van der Waals surface area contributed by atoms with E-state index in [1.807, 2.05) is 30.3 Å². The van der Waals surface area contributed by atoms with Gasteiger partial charge in [0.25, 0.3) is 5.69 Å². The third kappa shape index (κ3) is 3.48. The highest BCUT2D eigenvalue weighted by molar-refractivity contribution is 6.41. The van der Waals surface area contributed by atoms with Gasteiger partial charge in [0.05, 0.1) is 27.7 Å². The van der Waals surface area contributed by atoms with Gasteiger partial charge in [0.15, 0.2) is 5.78 Å². The van der Waals surface area contributed by atoms with Gasteiger partial charge in [-0.05, 0) is 30.2 Å². The second-order valence-electron chi connectivity index (χ2n) is 7.42. The number of ketones is 1. The Morgan fingerprint density at radius 2 is 1.65 bits per heavy atom. The number of carbonyl (C=O) groups is 2. The number of anilines is 1. The number of fused-ring (bicyclic) bond motifs is 1. The molecule has 0 bridgehead atoms. The van der Waals surface area contributed by atoms with Crippen LogP contribution in [0.5, 0.6) is 0 Å². The average Bonchev–Trinajstić information content (AvgIpc) is 2.75. The van der Waals surface area contributed by atoms with Crippen molar-refractivity contribution in [3.05, 3.63) is 104 Å². The number of hydrogen-bond donors (Lipinski definition) is 0. The zero-order valence-electron chi connectivity index (χ0n) is 16.3. The van der Waals surface area contributed by atoms with Gasteiger partial charge in [-0.1, -0.05) is 65.7 Å². The number of nitro groups is 1. The standard InChI is InChI=1S/C23H16Cl2N2O4/c1-23(15-7-9-17(10-8-15)27(30)31)21(28)20-18(25)11-16(24)12-19(20)26(22(23)29)13-14-5-3-2-4-6-14/h2-12H,13H2,1H3. The van der Waals surface area contributed by atoms with E-state index in [-0.39, 0.29) is 22.8 Å².